The number of nitrogens with one attached hydrogen (secondary N) is 1. The molecule has 1 aliphatic carbocycles. The molecule has 1 aliphatic heterocycles. The molecule has 1 aromatic rings. The van der Waals surface area contributed by atoms with Crippen molar-refractivity contribution in [1.82, 2.24) is 10.1 Å². The maximum absolute atomic E-state index is 12.3. The summed E-state index contributed by atoms with van der Waals surface area (Å²) in [4.78, 5) is 49.0. The molecule has 2 fully saturated rings. The third-order valence-corrected chi connectivity index (χ3v) is 4.48. The van der Waals surface area contributed by atoms with Crippen molar-refractivity contribution in [2.75, 3.05) is 18.5 Å². The summed E-state index contributed by atoms with van der Waals surface area (Å²) in [6, 6.07) is 1.52. The van der Waals surface area contributed by atoms with E-state index in [1.165, 1.54) is 6.07 Å². The second-order valence-corrected chi connectivity index (χ2v) is 6.29. The Balaban J connectivity index is 1.48. The standard InChI is InChI=1S/C16H19N3O6/c1-9-6-12(18-25-9)17-13(20)8-24-14(21)7-19-15(22)10-4-2-3-5-11(10)16(19)23/h6,10-11H,2-5,7-8H2,1H3,(H,17,18,20)/t10-,11-/m1/s1. The Morgan fingerprint density at radius 3 is 2.48 bits per heavy atom. The number of fused-ring (bicyclic) bond motifs is 1. The normalized spacial score (nSPS) is 22.7. The molecule has 0 bridgehead atoms. The van der Waals surface area contributed by atoms with Crippen molar-refractivity contribution in [2.45, 2.75) is 32.6 Å². The van der Waals surface area contributed by atoms with Gasteiger partial charge < -0.3 is 14.6 Å². The quantitative estimate of drug-likeness (QED) is 0.612. The van der Waals surface area contributed by atoms with Gasteiger partial charge in [-0.2, -0.15) is 0 Å². The van der Waals surface area contributed by atoms with Crippen LogP contribution in [0.5, 0.6) is 0 Å². The lowest BCUT2D eigenvalue weighted by Crippen LogP contribution is -2.37. The first-order valence-electron chi connectivity index (χ1n) is 8.19. The first-order valence-corrected chi connectivity index (χ1v) is 8.19. The number of rotatable bonds is 5. The summed E-state index contributed by atoms with van der Waals surface area (Å²) in [7, 11) is 0. The van der Waals surface area contributed by atoms with E-state index in [1.807, 2.05) is 0 Å². The molecule has 3 amide bonds. The number of hydrogen-bond acceptors (Lipinski definition) is 7. The monoisotopic (exact) mass is 349 g/mol. The minimum Gasteiger partial charge on any atom is -0.454 e. The lowest BCUT2D eigenvalue weighted by atomic mass is 9.81. The molecular formula is C16H19N3O6. The molecule has 0 unspecified atom stereocenters. The number of aromatic nitrogens is 1. The van der Waals surface area contributed by atoms with E-state index in [9.17, 15) is 19.2 Å². The second-order valence-electron chi connectivity index (χ2n) is 6.29. The van der Waals surface area contributed by atoms with Crippen LogP contribution < -0.4 is 5.32 Å². The summed E-state index contributed by atoms with van der Waals surface area (Å²) in [6.07, 6.45) is 3.20. The van der Waals surface area contributed by atoms with Crippen LogP contribution >= 0.6 is 0 Å². The molecule has 1 saturated carbocycles. The molecule has 1 N–H and O–H groups in total. The van der Waals surface area contributed by atoms with Gasteiger partial charge in [0, 0.05) is 6.07 Å². The van der Waals surface area contributed by atoms with Crippen LogP contribution in [0.2, 0.25) is 0 Å². The Labute approximate surface area is 143 Å². The van der Waals surface area contributed by atoms with Gasteiger partial charge in [0.2, 0.25) is 11.8 Å². The fourth-order valence-electron chi connectivity index (χ4n) is 3.31. The highest BCUT2D eigenvalue weighted by Gasteiger charge is 2.48. The van der Waals surface area contributed by atoms with Crippen molar-refractivity contribution in [3.8, 4) is 0 Å². The van der Waals surface area contributed by atoms with Crippen LogP contribution in [0.4, 0.5) is 5.82 Å². The van der Waals surface area contributed by atoms with Crippen molar-refractivity contribution < 1.29 is 28.4 Å². The van der Waals surface area contributed by atoms with Crippen LogP contribution in [-0.4, -0.2) is 46.9 Å². The van der Waals surface area contributed by atoms with Gasteiger partial charge in [-0.25, -0.2) is 0 Å². The van der Waals surface area contributed by atoms with Crippen molar-refractivity contribution in [3.05, 3.63) is 11.8 Å². The van der Waals surface area contributed by atoms with Gasteiger partial charge in [-0.05, 0) is 19.8 Å². The van der Waals surface area contributed by atoms with Crippen molar-refractivity contribution in [3.63, 3.8) is 0 Å². The van der Waals surface area contributed by atoms with E-state index in [0.717, 1.165) is 17.7 Å². The Morgan fingerprint density at radius 1 is 1.28 bits per heavy atom. The van der Waals surface area contributed by atoms with Crippen LogP contribution in [0.3, 0.4) is 0 Å². The Morgan fingerprint density at radius 2 is 1.92 bits per heavy atom. The number of esters is 1. The third-order valence-electron chi connectivity index (χ3n) is 4.48. The number of hydrogen-bond donors (Lipinski definition) is 1. The first-order chi connectivity index (χ1) is 12.0. The van der Waals surface area contributed by atoms with Gasteiger partial charge in [-0.1, -0.05) is 18.0 Å². The number of carbonyl (C=O) groups is 4. The number of anilines is 1. The largest absolute Gasteiger partial charge is 0.454 e. The van der Waals surface area contributed by atoms with Gasteiger partial charge in [0.25, 0.3) is 5.91 Å². The minimum atomic E-state index is -0.799. The SMILES string of the molecule is Cc1cc(NC(=O)COC(=O)CN2C(=O)[C@@H]3CCCC[C@H]3C2=O)no1. The van der Waals surface area contributed by atoms with E-state index in [2.05, 4.69) is 10.5 Å². The van der Waals surface area contributed by atoms with E-state index < -0.39 is 25.0 Å². The summed E-state index contributed by atoms with van der Waals surface area (Å²) >= 11 is 0. The average Bonchev–Trinajstić information content (AvgIpc) is 3.10. The zero-order valence-corrected chi connectivity index (χ0v) is 13.8. The van der Waals surface area contributed by atoms with Gasteiger partial charge in [0.15, 0.2) is 12.4 Å². The molecule has 0 radical (unpaired) electrons. The molecule has 2 atom stereocenters. The van der Waals surface area contributed by atoms with Crippen LogP contribution in [0.15, 0.2) is 10.6 Å². The van der Waals surface area contributed by atoms with Crippen molar-refractivity contribution in [2.24, 2.45) is 11.8 Å². The average molecular weight is 349 g/mol. The van der Waals surface area contributed by atoms with Crippen LogP contribution in [0, 0.1) is 18.8 Å². The molecular weight excluding hydrogens is 330 g/mol. The predicted molar refractivity (Wildman–Crippen MR) is 83.0 cm³/mol. The van der Waals surface area contributed by atoms with Crippen molar-refractivity contribution >= 4 is 29.5 Å². The predicted octanol–water partition coefficient (Wildman–Crippen LogP) is 0.640. The summed E-state index contributed by atoms with van der Waals surface area (Å²) in [5.74, 6) is -1.89. The Bertz CT molecular complexity index is 688. The number of imide groups is 1. The minimum absolute atomic E-state index is 0.215. The fourth-order valence-corrected chi connectivity index (χ4v) is 3.31. The van der Waals surface area contributed by atoms with Gasteiger partial charge >= 0.3 is 5.97 Å². The maximum Gasteiger partial charge on any atom is 0.326 e. The molecule has 1 saturated heterocycles. The molecule has 9 nitrogen and oxygen atoms in total. The van der Waals surface area contributed by atoms with Gasteiger partial charge in [-0.15, -0.1) is 0 Å². The highest BCUT2D eigenvalue weighted by Crippen LogP contribution is 2.37. The number of amides is 3. The van der Waals surface area contributed by atoms with Crippen LogP contribution in [-0.2, 0) is 23.9 Å². The van der Waals surface area contributed by atoms with Crippen LogP contribution in [0.25, 0.3) is 0 Å². The Kier molecular flexibility index (Phi) is 4.82. The molecule has 2 aliphatic rings. The Hall–Kier alpha value is -2.71. The summed E-state index contributed by atoms with van der Waals surface area (Å²) in [6.45, 7) is 0.680. The molecule has 3 rings (SSSR count). The number of likely N-dealkylation sites (tertiary alicyclic amines) is 1. The summed E-state index contributed by atoms with van der Waals surface area (Å²) < 4.78 is 9.63. The molecule has 1 aromatic heterocycles. The second kappa shape index (κ2) is 7.04. The van der Waals surface area contributed by atoms with Gasteiger partial charge in [0.1, 0.15) is 12.3 Å². The first kappa shape index (κ1) is 17.1. The third kappa shape index (κ3) is 3.70. The molecule has 25 heavy (non-hydrogen) atoms. The maximum atomic E-state index is 12.3. The number of aryl methyl sites for hydroxylation is 1. The summed E-state index contributed by atoms with van der Waals surface area (Å²) in [5, 5.41) is 5.98. The summed E-state index contributed by atoms with van der Waals surface area (Å²) in [5.41, 5.74) is 0. The topological polar surface area (TPSA) is 119 Å². The molecule has 9 heteroatoms. The number of nitrogens with zero attached hydrogens (tertiary/aromatic N) is 2. The highest BCUT2D eigenvalue weighted by molar-refractivity contribution is 6.07. The zero-order valence-electron chi connectivity index (χ0n) is 13.8. The van der Waals surface area contributed by atoms with E-state index in [1.54, 1.807) is 6.92 Å². The molecule has 134 valence electrons. The zero-order chi connectivity index (χ0) is 18.0. The highest BCUT2D eigenvalue weighted by atomic mass is 16.5. The lowest BCUT2D eigenvalue weighted by Gasteiger charge is -2.19. The van der Waals surface area contributed by atoms with E-state index >= 15 is 0 Å². The van der Waals surface area contributed by atoms with Crippen molar-refractivity contribution in [1.29, 1.82) is 0 Å². The fraction of sp³-hybridized carbons (Fsp3) is 0.562. The van der Waals surface area contributed by atoms with E-state index in [-0.39, 0.29) is 29.5 Å². The van der Waals surface area contributed by atoms with Crippen LogP contribution in [0.1, 0.15) is 31.4 Å². The molecule has 2 heterocycles. The van der Waals surface area contributed by atoms with Gasteiger partial charge in [-0.3, -0.25) is 24.1 Å². The van der Waals surface area contributed by atoms with E-state index in [0.29, 0.717) is 18.6 Å². The molecule has 0 spiro atoms. The molecule has 0 aromatic carbocycles. The number of carbonyl (C=O) groups excluding carboxylic acids is 4. The number of ether oxygens (including phenoxy) is 1. The van der Waals surface area contributed by atoms with Gasteiger partial charge in [0.05, 0.1) is 11.8 Å². The lowest BCUT2D eigenvalue weighted by molar-refractivity contribution is -0.154. The van der Waals surface area contributed by atoms with E-state index in [4.69, 9.17) is 9.26 Å². The smallest absolute Gasteiger partial charge is 0.326 e.